The van der Waals surface area contributed by atoms with Gasteiger partial charge in [0.25, 0.3) is 0 Å². The molecule has 0 aliphatic carbocycles. The van der Waals surface area contributed by atoms with E-state index in [9.17, 15) is 0 Å². The number of halogens is 1. The van der Waals surface area contributed by atoms with Gasteiger partial charge >= 0.3 is 0 Å². The van der Waals surface area contributed by atoms with Gasteiger partial charge in [0, 0.05) is 20.2 Å². The molecule has 15 heavy (non-hydrogen) atoms. The fourth-order valence-corrected chi connectivity index (χ4v) is 1.45. The molecule has 1 N–H and O–H groups in total. The highest BCUT2D eigenvalue weighted by Gasteiger charge is 2.10. The molecule has 2 aromatic heterocycles. The van der Waals surface area contributed by atoms with E-state index in [1.54, 1.807) is 6.07 Å². The lowest BCUT2D eigenvalue weighted by atomic mass is 10.3. The fourth-order valence-electron chi connectivity index (χ4n) is 1.26. The van der Waals surface area contributed by atoms with Crippen molar-refractivity contribution in [2.24, 2.45) is 0 Å². The van der Waals surface area contributed by atoms with E-state index >= 15 is 0 Å². The molecule has 2 aromatic rings. The summed E-state index contributed by atoms with van der Waals surface area (Å²) < 4.78 is 0. The van der Waals surface area contributed by atoms with Crippen molar-refractivity contribution in [1.29, 1.82) is 5.26 Å². The van der Waals surface area contributed by atoms with Gasteiger partial charge in [0.15, 0.2) is 5.69 Å². The summed E-state index contributed by atoms with van der Waals surface area (Å²) in [4.78, 5) is 13.0. The zero-order chi connectivity index (χ0) is 11.0. The highest BCUT2D eigenvalue weighted by molar-refractivity contribution is 6.30. The molecule has 6 heteroatoms. The molecule has 0 bridgehead atoms. The Kier molecular flexibility index (Phi) is 2.21. The molecule has 0 atom stereocenters. The first kappa shape index (κ1) is 9.74. The zero-order valence-electron chi connectivity index (χ0n) is 8.24. The Morgan fingerprint density at radius 1 is 1.47 bits per heavy atom. The quantitative estimate of drug-likeness (QED) is 0.742. The molecular weight excluding hydrogens is 214 g/mol. The van der Waals surface area contributed by atoms with Crippen LogP contribution in [0.1, 0.15) is 5.69 Å². The Labute approximate surface area is 91.3 Å². The second kappa shape index (κ2) is 3.41. The molecule has 0 aromatic carbocycles. The smallest absolute Gasteiger partial charge is 0.203 e. The van der Waals surface area contributed by atoms with Gasteiger partial charge in [0.1, 0.15) is 16.7 Å². The first-order valence-corrected chi connectivity index (χ1v) is 4.63. The minimum atomic E-state index is 0.238. The van der Waals surface area contributed by atoms with Gasteiger partial charge in [-0.1, -0.05) is 11.6 Å². The van der Waals surface area contributed by atoms with Crippen molar-refractivity contribution in [1.82, 2.24) is 15.0 Å². The van der Waals surface area contributed by atoms with Crippen molar-refractivity contribution in [2.45, 2.75) is 0 Å². The van der Waals surface area contributed by atoms with Crippen LogP contribution in [-0.2, 0) is 0 Å². The van der Waals surface area contributed by atoms with Crippen molar-refractivity contribution in [3.8, 4) is 6.07 Å². The minimum absolute atomic E-state index is 0.238. The molecule has 0 saturated carbocycles. The lowest BCUT2D eigenvalue weighted by molar-refractivity contribution is 1.05. The molecule has 2 heterocycles. The highest BCUT2D eigenvalue weighted by atomic mass is 35.5. The lowest BCUT2D eigenvalue weighted by Gasteiger charge is -2.05. The van der Waals surface area contributed by atoms with Crippen molar-refractivity contribution in [3.05, 3.63) is 16.9 Å². The largest absolute Gasteiger partial charge is 0.349 e. The Morgan fingerprint density at radius 2 is 2.20 bits per heavy atom. The number of aromatic amines is 1. The van der Waals surface area contributed by atoms with Crippen LogP contribution in [0.3, 0.4) is 0 Å². The summed E-state index contributed by atoms with van der Waals surface area (Å²) in [7, 11) is 3.72. The van der Waals surface area contributed by atoms with Crippen LogP contribution in [0, 0.1) is 11.3 Å². The summed E-state index contributed by atoms with van der Waals surface area (Å²) in [5.74, 6) is 0.672. The Morgan fingerprint density at radius 3 is 2.80 bits per heavy atom. The molecule has 0 saturated heterocycles. The number of H-pyrrole nitrogens is 1. The van der Waals surface area contributed by atoms with Gasteiger partial charge in [-0.2, -0.15) is 5.26 Å². The van der Waals surface area contributed by atoms with E-state index in [0.717, 1.165) is 5.52 Å². The summed E-state index contributed by atoms with van der Waals surface area (Å²) in [6, 6.07) is 3.62. The number of nitrogens with one attached hydrogen (secondary N) is 1. The summed E-state index contributed by atoms with van der Waals surface area (Å²) in [6.45, 7) is 0. The Bertz CT molecular complexity index is 551. The Hall–Kier alpha value is -1.80. The molecule has 76 valence electrons. The predicted octanol–water partition coefficient (Wildman–Crippen LogP) is 1.55. The van der Waals surface area contributed by atoms with Crippen LogP contribution < -0.4 is 4.90 Å². The van der Waals surface area contributed by atoms with Gasteiger partial charge in [-0.3, -0.25) is 0 Å². The average molecular weight is 222 g/mol. The van der Waals surface area contributed by atoms with Crippen LogP contribution in [0.4, 0.5) is 5.95 Å². The summed E-state index contributed by atoms with van der Waals surface area (Å²) in [5.41, 5.74) is 1.50. The molecule has 0 fully saturated rings. The monoisotopic (exact) mass is 221 g/mol. The normalized spacial score (nSPS) is 10.3. The summed E-state index contributed by atoms with van der Waals surface area (Å²) in [6.07, 6.45) is 0. The van der Waals surface area contributed by atoms with Crippen LogP contribution in [0.5, 0.6) is 0 Å². The van der Waals surface area contributed by atoms with Crippen LogP contribution in [-0.4, -0.2) is 29.0 Å². The molecule has 2 rings (SSSR count). The maximum Gasteiger partial charge on any atom is 0.203 e. The third kappa shape index (κ3) is 1.60. The van der Waals surface area contributed by atoms with Crippen molar-refractivity contribution >= 4 is 28.6 Å². The van der Waals surface area contributed by atoms with Gasteiger partial charge in [-0.15, -0.1) is 0 Å². The number of imidazole rings is 1. The van der Waals surface area contributed by atoms with Crippen LogP contribution in [0.15, 0.2) is 6.07 Å². The van der Waals surface area contributed by atoms with Crippen LogP contribution >= 0.6 is 11.6 Å². The van der Waals surface area contributed by atoms with Crippen molar-refractivity contribution in [2.75, 3.05) is 19.0 Å². The van der Waals surface area contributed by atoms with E-state index in [-0.39, 0.29) is 10.8 Å². The second-order valence-corrected chi connectivity index (χ2v) is 3.64. The number of hydrogen-bond acceptors (Lipinski definition) is 4. The number of pyridine rings is 1. The van der Waals surface area contributed by atoms with E-state index in [1.807, 2.05) is 25.1 Å². The van der Waals surface area contributed by atoms with Crippen molar-refractivity contribution < 1.29 is 0 Å². The number of nitriles is 1. The number of anilines is 1. The number of nitrogens with zero attached hydrogens (tertiary/aromatic N) is 4. The van der Waals surface area contributed by atoms with Crippen molar-refractivity contribution in [3.63, 3.8) is 0 Å². The number of rotatable bonds is 1. The van der Waals surface area contributed by atoms with E-state index in [4.69, 9.17) is 16.9 Å². The SMILES string of the molecule is CN(C)c1nc2c(C#N)nc(Cl)cc2[nH]1. The van der Waals surface area contributed by atoms with Gasteiger partial charge < -0.3 is 9.88 Å². The van der Waals surface area contributed by atoms with Crippen LogP contribution in [0.2, 0.25) is 5.15 Å². The lowest BCUT2D eigenvalue weighted by Crippen LogP contribution is -2.09. The molecule has 0 unspecified atom stereocenters. The van der Waals surface area contributed by atoms with Gasteiger partial charge in [0.05, 0.1) is 5.52 Å². The second-order valence-electron chi connectivity index (χ2n) is 3.26. The van der Waals surface area contributed by atoms with Gasteiger partial charge in [-0.25, -0.2) is 9.97 Å². The average Bonchev–Trinajstić information content (AvgIpc) is 2.59. The van der Waals surface area contributed by atoms with E-state index in [0.29, 0.717) is 11.5 Å². The molecule has 0 spiro atoms. The molecule has 0 radical (unpaired) electrons. The summed E-state index contributed by atoms with van der Waals surface area (Å²) >= 11 is 5.77. The highest BCUT2D eigenvalue weighted by Crippen LogP contribution is 2.21. The van der Waals surface area contributed by atoms with E-state index in [1.165, 1.54) is 0 Å². The molecule has 0 aliphatic rings. The first-order valence-electron chi connectivity index (χ1n) is 4.25. The Balaban J connectivity index is 2.75. The van der Waals surface area contributed by atoms with Crippen LogP contribution in [0.25, 0.3) is 11.0 Å². The molecule has 0 aliphatic heterocycles. The fraction of sp³-hybridized carbons (Fsp3) is 0.222. The number of hydrogen-bond donors (Lipinski definition) is 1. The third-order valence-electron chi connectivity index (χ3n) is 1.96. The standard InChI is InChI=1S/C9H8ClN5/c1-15(2)9-13-5-3-7(10)12-6(4-11)8(5)14-9/h3H,1-2H3,(H,13,14). The summed E-state index contributed by atoms with van der Waals surface area (Å²) in [5, 5.41) is 9.15. The third-order valence-corrected chi connectivity index (χ3v) is 2.15. The van der Waals surface area contributed by atoms with E-state index < -0.39 is 0 Å². The zero-order valence-corrected chi connectivity index (χ0v) is 9.00. The maximum atomic E-state index is 8.87. The van der Waals surface area contributed by atoms with E-state index in [2.05, 4.69) is 15.0 Å². The van der Waals surface area contributed by atoms with Gasteiger partial charge in [0.2, 0.25) is 5.95 Å². The first-order chi connectivity index (χ1) is 7.11. The van der Waals surface area contributed by atoms with Gasteiger partial charge in [-0.05, 0) is 0 Å². The maximum absolute atomic E-state index is 8.87. The predicted molar refractivity (Wildman–Crippen MR) is 57.9 cm³/mol. The number of aromatic nitrogens is 3. The molecular formula is C9H8ClN5. The molecule has 5 nitrogen and oxygen atoms in total. The minimum Gasteiger partial charge on any atom is -0.349 e. The molecule has 0 amide bonds. The topological polar surface area (TPSA) is 68.6 Å². The number of fused-ring (bicyclic) bond motifs is 1.